The Hall–Kier alpha value is -1.39. The van der Waals surface area contributed by atoms with Crippen molar-refractivity contribution in [3.63, 3.8) is 0 Å². The van der Waals surface area contributed by atoms with Gasteiger partial charge in [0.15, 0.2) is 0 Å². The highest BCUT2D eigenvalue weighted by molar-refractivity contribution is 5.93. The van der Waals surface area contributed by atoms with Gasteiger partial charge in [-0.25, -0.2) is 0 Å². The number of fused-ring (bicyclic) bond motifs is 4. The number of likely N-dealkylation sites (tertiary alicyclic amines) is 1. The molecule has 3 aliphatic rings. The second-order valence-corrected chi connectivity index (χ2v) is 8.32. The van der Waals surface area contributed by atoms with E-state index in [4.69, 9.17) is 10.5 Å². The zero-order chi connectivity index (χ0) is 17.6. The molecule has 0 unspecified atom stereocenters. The second kappa shape index (κ2) is 6.40. The summed E-state index contributed by atoms with van der Waals surface area (Å²) in [5.41, 5.74) is 9.10. The number of primary amides is 1. The summed E-state index contributed by atoms with van der Waals surface area (Å²) in [6.45, 7) is 7.84. The summed E-state index contributed by atoms with van der Waals surface area (Å²) in [6.07, 6.45) is 6.22. The molecule has 1 aromatic rings. The van der Waals surface area contributed by atoms with Crippen LogP contribution in [0, 0.1) is 5.92 Å². The molecule has 2 aliphatic heterocycles. The number of piperidine rings is 1. The van der Waals surface area contributed by atoms with Crippen LogP contribution in [-0.2, 0) is 16.6 Å². The lowest BCUT2D eigenvalue weighted by molar-refractivity contribution is -0.0140. The predicted octanol–water partition coefficient (Wildman–Crippen LogP) is 2.88. The fraction of sp³-hybridized carbons (Fsp3) is 0.667. The molecule has 25 heavy (non-hydrogen) atoms. The molecule has 0 spiro atoms. The summed E-state index contributed by atoms with van der Waals surface area (Å²) in [4.78, 5) is 14.4. The molecule has 2 saturated heterocycles. The molecule has 1 aliphatic carbocycles. The summed E-state index contributed by atoms with van der Waals surface area (Å²) in [7, 11) is 0. The highest BCUT2D eigenvalue weighted by Gasteiger charge is 2.50. The monoisotopic (exact) mass is 342 g/mol. The Bertz CT molecular complexity index is 668. The standard InChI is InChI=1S/C21H30N2O2/c1-3-17-19-12-14-6-7-15(20(22)24)11-18(14)21(17,2)8-9-23(19)13-16-5-4-10-25-16/h6-7,11,16-17,19H,3-5,8-10,12-13H2,1-2H3,(H2,22,24)/t16-,17+,19-,21+/m1/s1. The summed E-state index contributed by atoms with van der Waals surface area (Å²) in [5, 5.41) is 0. The van der Waals surface area contributed by atoms with Crippen molar-refractivity contribution in [1.29, 1.82) is 0 Å². The van der Waals surface area contributed by atoms with Gasteiger partial charge in [0.25, 0.3) is 0 Å². The Morgan fingerprint density at radius 3 is 2.96 bits per heavy atom. The number of benzene rings is 1. The number of hydrogen-bond acceptors (Lipinski definition) is 3. The van der Waals surface area contributed by atoms with Crippen molar-refractivity contribution in [2.75, 3.05) is 19.7 Å². The lowest BCUT2D eigenvalue weighted by Crippen LogP contribution is -2.59. The molecule has 1 amide bonds. The molecule has 2 N–H and O–H groups in total. The Balaban J connectivity index is 1.67. The predicted molar refractivity (Wildman–Crippen MR) is 98.7 cm³/mol. The van der Waals surface area contributed by atoms with Gasteiger partial charge in [-0.1, -0.05) is 26.3 Å². The SMILES string of the molecule is CC[C@H]1[C@H]2Cc3ccc(C(N)=O)cc3[C@@]1(C)CCN2C[C@H]1CCCO1. The quantitative estimate of drug-likeness (QED) is 0.915. The smallest absolute Gasteiger partial charge is 0.248 e. The number of ether oxygens (including phenoxy) is 1. The molecule has 2 heterocycles. The first-order valence-electron chi connectivity index (χ1n) is 9.82. The van der Waals surface area contributed by atoms with Crippen molar-refractivity contribution >= 4 is 5.91 Å². The Morgan fingerprint density at radius 2 is 2.28 bits per heavy atom. The second-order valence-electron chi connectivity index (χ2n) is 8.32. The zero-order valence-electron chi connectivity index (χ0n) is 15.5. The maximum atomic E-state index is 11.7. The average molecular weight is 342 g/mol. The Morgan fingerprint density at radius 1 is 1.44 bits per heavy atom. The lowest BCUT2D eigenvalue weighted by Gasteiger charge is -2.56. The van der Waals surface area contributed by atoms with Gasteiger partial charge in [-0.05, 0) is 66.8 Å². The highest BCUT2D eigenvalue weighted by Crippen LogP contribution is 2.50. The van der Waals surface area contributed by atoms with E-state index >= 15 is 0 Å². The van der Waals surface area contributed by atoms with Crippen LogP contribution < -0.4 is 5.73 Å². The van der Waals surface area contributed by atoms with Gasteiger partial charge in [0.1, 0.15) is 0 Å². The molecular weight excluding hydrogens is 312 g/mol. The third-order valence-electron chi connectivity index (χ3n) is 7.01. The summed E-state index contributed by atoms with van der Waals surface area (Å²) >= 11 is 0. The molecule has 2 fully saturated rings. The number of amides is 1. The maximum absolute atomic E-state index is 11.7. The van der Waals surface area contributed by atoms with Gasteiger partial charge < -0.3 is 10.5 Å². The van der Waals surface area contributed by atoms with E-state index in [2.05, 4.69) is 30.9 Å². The molecular formula is C21H30N2O2. The van der Waals surface area contributed by atoms with Crippen LogP contribution in [0.2, 0.25) is 0 Å². The highest BCUT2D eigenvalue weighted by atomic mass is 16.5. The molecule has 0 aromatic heterocycles. The number of carbonyl (C=O) groups is 1. The van der Waals surface area contributed by atoms with Crippen LogP contribution in [-0.4, -0.2) is 42.6 Å². The summed E-state index contributed by atoms with van der Waals surface area (Å²) < 4.78 is 5.91. The van der Waals surface area contributed by atoms with Crippen molar-refractivity contribution in [2.24, 2.45) is 11.7 Å². The van der Waals surface area contributed by atoms with E-state index in [1.165, 1.54) is 30.4 Å². The molecule has 4 heteroatoms. The number of nitrogens with two attached hydrogens (primary N) is 1. The lowest BCUT2D eigenvalue weighted by atomic mass is 9.57. The van der Waals surface area contributed by atoms with E-state index in [-0.39, 0.29) is 11.3 Å². The van der Waals surface area contributed by atoms with Crippen LogP contribution in [0.1, 0.15) is 61.0 Å². The van der Waals surface area contributed by atoms with Crippen LogP contribution in [0.5, 0.6) is 0 Å². The third kappa shape index (κ3) is 2.80. The van der Waals surface area contributed by atoms with Gasteiger partial charge in [0.05, 0.1) is 6.10 Å². The number of hydrogen-bond donors (Lipinski definition) is 1. The summed E-state index contributed by atoms with van der Waals surface area (Å²) in [6, 6.07) is 6.70. The van der Waals surface area contributed by atoms with Gasteiger partial charge in [-0.2, -0.15) is 0 Å². The zero-order valence-corrected chi connectivity index (χ0v) is 15.5. The van der Waals surface area contributed by atoms with Crippen LogP contribution in [0.25, 0.3) is 0 Å². The minimum Gasteiger partial charge on any atom is -0.377 e. The van der Waals surface area contributed by atoms with E-state index in [1.807, 2.05) is 6.07 Å². The molecule has 1 aromatic carbocycles. The fourth-order valence-corrected chi connectivity index (χ4v) is 5.68. The first-order valence-corrected chi connectivity index (χ1v) is 9.82. The fourth-order valence-electron chi connectivity index (χ4n) is 5.68. The van der Waals surface area contributed by atoms with Crippen molar-refractivity contribution < 1.29 is 9.53 Å². The number of carbonyl (C=O) groups excluding carboxylic acids is 1. The minimum atomic E-state index is -0.322. The minimum absolute atomic E-state index is 0.144. The Labute approximate surface area is 150 Å². The van der Waals surface area contributed by atoms with Gasteiger partial charge in [0.2, 0.25) is 5.91 Å². The van der Waals surface area contributed by atoms with E-state index in [0.29, 0.717) is 23.6 Å². The van der Waals surface area contributed by atoms with Crippen molar-refractivity contribution in [1.82, 2.24) is 4.90 Å². The molecule has 0 radical (unpaired) electrons. The Kier molecular flexibility index (Phi) is 4.37. The topological polar surface area (TPSA) is 55.6 Å². The van der Waals surface area contributed by atoms with Gasteiger partial charge in [-0.15, -0.1) is 0 Å². The van der Waals surface area contributed by atoms with Crippen LogP contribution in [0.4, 0.5) is 0 Å². The van der Waals surface area contributed by atoms with Gasteiger partial charge in [-0.3, -0.25) is 9.69 Å². The van der Waals surface area contributed by atoms with E-state index < -0.39 is 0 Å². The van der Waals surface area contributed by atoms with E-state index in [1.54, 1.807) is 0 Å². The molecule has 4 nitrogen and oxygen atoms in total. The average Bonchev–Trinajstić information content (AvgIpc) is 3.10. The first-order chi connectivity index (χ1) is 12.0. The van der Waals surface area contributed by atoms with Crippen LogP contribution in [0.3, 0.4) is 0 Å². The number of rotatable bonds is 4. The molecule has 136 valence electrons. The van der Waals surface area contributed by atoms with Crippen LogP contribution in [0.15, 0.2) is 18.2 Å². The molecule has 4 rings (SSSR count). The van der Waals surface area contributed by atoms with E-state index in [0.717, 1.165) is 32.5 Å². The summed E-state index contributed by atoms with van der Waals surface area (Å²) in [5.74, 6) is 0.302. The third-order valence-corrected chi connectivity index (χ3v) is 7.01. The van der Waals surface area contributed by atoms with Crippen molar-refractivity contribution in [2.45, 2.75) is 63.5 Å². The molecule has 2 bridgehead atoms. The largest absolute Gasteiger partial charge is 0.377 e. The van der Waals surface area contributed by atoms with Crippen molar-refractivity contribution in [3.8, 4) is 0 Å². The number of nitrogens with zero attached hydrogens (tertiary/aromatic N) is 1. The van der Waals surface area contributed by atoms with Crippen molar-refractivity contribution in [3.05, 3.63) is 34.9 Å². The molecule has 4 atom stereocenters. The van der Waals surface area contributed by atoms with Crippen LogP contribution >= 0.6 is 0 Å². The maximum Gasteiger partial charge on any atom is 0.248 e. The van der Waals surface area contributed by atoms with E-state index in [9.17, 15) is 4.79 Å². The van der Waals surface area contributed by atoms with Gasteiger partial charge in [0, 0.05) is 24.8 Å². The first kappa shape index (κ1) is 17.0. The molecule has 0 saturated carbocycles. The van der Waals surface area contributed by atoms with Gasteiger partial charge >= 0.3 is 0 Å². The normalized spacial score (nSPS) is 34.7.